The number of hydrogen-bond acceptors (Lipinski definition) is 6. The molecular formula is C24H32FN3O4S. The number of anilines is 1. The van der Waals surface area contributed by atoms with Crippen molar-refractivity contribution >= 4 is 22.0 Å². The predicted octanol–water partition coefficient (Wildman–Crippen LogP) is 5.11. The van der Waals surface area contributed by atoms with Gasteiger partial charge in [0.2, 0.25) is 16.0 Å². The lowest BCUT2D eigenvalue weighted by molar-refractivity contribution is -0.290. The molecule has 0 spiro atoms. The molecule has 0 amide bonds. The molecule has 1 N–H and O–H groups in total. The molecule has 0 radical (unpaired) electrons. The summed E-state index contributed by atoms with van der Waals surface area (Å²) in [6.07, 6.45) is 6.44. The van der Waals surface area contributed by atoms with E-state index in [1.807, 2.05) is 39.8 Å². The van der Waals surface area contributed by atoms with Gasteiger partial charge in [-0.05, 0) is 50.5 Å². The Balaban J connectivity index is 2.11. The van der Waals surface area contributed by atoms with Crippen molar-refractivity contribution in [2.45, 2.75) is 71.4 Å². The van der Waals surface area contributed by atoms with Crippen molar-refractivity contribution in [2.75, 3.05) is 11.0 Å². The maximum Gasteiger partial charge on any atom is 0.237 e. The number of rotatable bonds is 7. The standard InChI is InChI=1S/C24H32FN3O4S/c1-7-18-14-19(32-24(4,5)31-18)12-13-20-21(15(2)3)26-23(28-33(6,29)30)27-22(20)16-8-10-17(25)11-9-16/h8-13,15,18-19H,7,14H2,1-6H3,(H,26,27,28)/b13-12+/t18-,19+/m0/s1. The van der Waals surface area contributed by atoms with Gasteiger partial charge in [-0.1, -0.05) is 32.9 Å². The number of ether oxygens (including phenoxy) is 2. The molecule has 1 aromatic heterocycles. The molecule has 1 saturated heterocycles. The molecule has 1 aliphatic rings. The molecule has 3 rings (SSSR count). The molecule has 0 saturated carbocycles. The largest absolute Gasteiger partial charge is 0.347 e. The number of nitrogens with one attached hydrogen (secondary N) is 1. The summed E-state index contributed by atoms with van der Waals surface area (Å²) < 4.78 is 51.6. The van der Waals surface area contributed by atoms with Crippen LogP contribution in [-0.2, 0) is 19.5 Å². The Morgan fingerprint density at radius 3 is 2.45 bits per heavy atom. The minimum Gasteiger partial charge on any atom is -0.347 e. The summed E-state index contributed by atoms with van der Waals surface area (Å²) in [6, 6.07) is 5.92. The van der Waals surface area contributed by atoms with Crippen molar-refractivity contribution in [3.63, 3.8) is 0 Å². The quantitative estimate of drug-likeness (QED) is 0.596. The van der Waals surface area contributed by atoms with E-state index in [9.17, 15) is 12.8 Å². The fraction of sp³-hybridized carbons (Fsp3) is 0.500. The van der Waals surface area contributed by atoms with Gasteiger partial charge in [0.05, 0.1) is 29.9 Å². The van der Waals surface area contributed by atoms with Gasteiger partial charge in [-0.15, -0.1) is 0 Å². The number of hydrogen-bond donors (Lipinski definition) is 1. The van der Waals surface area contributed by atoms with Gasteiger partial charge in [-0.2, -0.15) is 0 Å². The minimum absolute atomic E-state index is 0.0211. The van der Waals surface area contributed by atoms with Crippen LogP contribution >= 0.6 is 0 Å². The van der Waals surface area contributed by atoms with Gasteiger partial charge in [-0.25, -0.2) is 22.8 Å². The van der Waals surface area contributed by atoms with Crippen molar-refractivity contribution in [3.8, 4) is 11.3 Å². The Kier molecular flexibility index (Phi) is 7.55. The van der Waals surface area contributed by atoms with Crippen LogP contribution in [0.15, 0.2) is 30.3 Å². The zero-order chi connectivity index (χ0) is 24.4. The minimum atomic E-state index is -3.58. The average Bonchev–Trinajstić information content (AvgIpc) is 2.70. The van der Waals surface area contributed by atoms with Crippen LogP contribution < -0.4 is 4.72 Å². The van der Waals surface area contributed by atoms with E-state index in [0.717, 1.165) is 18.2 Å². The average molecular weight is 478 g/mol. The van der Waals surface area contributed by atoms with E-state index in [4.69, 9.17) is 9.47 Å². The fourth-order valence-electron chi connectivity index (χ4n) is 3.85. The normalized spacial score (nSPS) is 21.0. The van der Waals surface area contributed by atoms with Gasteiger partial charge < -0.3 is 9.47 Å². The lowest BCUT2D eigenvalue weighted by Gasteiger charge is -2.39. The predicted molar refractivity (Wildman–Crippen MR) is 128 cm³/mol. The highest BCUT2D eigenvalue weighted by Crippen LogP contribution is 2.33. The van der Waals surface area contributed by atoms with E-state index in [1.54, 1.807) is 12.1 Å². The molecule has 1 fully saturated rings. The first-order valence-corrected chi connectivity index (χ1v) is 13.0. The molecule has 2 heterocycles. The first-order chi connectivity index (χ1) is 15.4. The van der Waals surface area contributed by atoms with Crippen molar-refractivity contribution in [1.29, 1.82) is 0 Å². The van der Waals surface area contributed by atoms with Crippen molar-refractivity contribution < 1.29 is 22.3 Å². The molecule has 7 nitrogen and oxygen atoms in total. The van der Waals surface area contributed by atoms with E-state index >= 15 is 0 Å². The smallest absolute Gasteiger partial charge is 0.237 e. The number of sulfonamides is 1. The number of benzene rings is 1. The summed E-state index contributed by atoms with van der Waals surface area (Å²) in [5, 5.41) is 0. The van der Waals surface area contributed by atoms with E-state index in [-0.39, 0.29) is 29.9 Å². The Hall–Kier alpha value is -2.36. The molecule has 0 bridgehead atoms. The molecule has 9 heteroatoms. The molecule has 2 aromatic rings. The third-order valence-electron chi connectivity index (χ3n) is 5.23. The Morgan fingerprint density at radius 2 is 1.88 bits per heavy atom. The van der Waals surface area contributed by atoms with E-state index in [1.165, 1.54) is 12.1 Å². The van der Waals surface area contributed by atoms with Crippen LogP contribution in [0, 0.1) is 5.82 Å². The summed E-state index contributed by atoms with van der Waals surface area (Å²) in [5.74, 6) is -1.12. The van der Waals surface area contributed by atoms with Crippen LogP contribution in [0.3, 0.4) is 0 Å². The lowest BCUT2D eigenvalue weighted by Crippen LogP contribution is -2.43. The third-order valence-corrected chi connectivity index (χ3v) is 5.78. The maximum atomic E-state index is 13.6. The van der Waals surface area contributed by atoms with Gasteiger partial charge in [0.1, 0.15) is 5.82 Å². The first kappa shape index (κ1) is 25.3. The highest BCUT2D eigenvalue weighted by atomic mass is 32.2. The van der Waals surface area contributed by atoms with Crippen molar-refractivity contribution in [3.05, 3.63) is 47.4 Å². The van der Waals surface area contributed by atoms with E-state index in [0.29, 0.717) is 23.4 Å². The van der Waals surface area contributed by atoms with Crippen LogP contribution in [0.25, 0.3) is 17.3 Å². The maximum absolute atomic E-state index is 13.6. The summed E-state index contributed by atoms with van der Waals surface area (Å²) >= 11 is 0. The SMILES string of the molecule is CC[C@H]1C[C@@H](/C=C/c2c(-c3ccc(F)cc3)nc(NS(C)(=O)=O)nc2C(C)C)OC(C)(C)O1. The highest BCUT2D eigenvalue weighted by molar-refractivity contribution is 7.91. The van der Waals surface area contributed by atoms with Crippen molar-refractivity contribution in [1.82, 2.24) is 9.97 Å². The molecule has 180 valence electrons. The fourth-order valence-corrected chi connectivity index (χ4v) is 4.27. The molecular weight excluding hydrogens is 445 g/mol. The topological polar surface area (TPSA) is 90.4 Å². The van der Waals surface area contributed by atoms with E-state index in [2.05, 4.69) is 21.6 Å². The summed E-state index contributed by atoms with van der Waals surface area (Å²) in [6.45, 7) is 9.82. The van der Waals surface area contributed by atoms with Gasteiger partial charge >= 0.3 is 0 Å². The molecule has 1 aliphatic heterocycles. The van der Waals surface area contributed by atoms with E-state index < -0.39 is 15.8 Å². The summed E-state index contributed by atoms with van der Waals surface area (Å²) in [7, 11) is -3.58. The van der Waals surface area contributed by atoms with Crippen LogP contribution in [0.5, 0.6) is 0 Å². The van der Waals surface area contributed by atoms with Crippen LogP contribution in [0.2, 0.25) is 0 Å². The highest BCUT2D eigenvalue weighted by Gasteiger charge is 2.33. The summed E-state index contributed by atoms with van der Waals surface area (Å²) in [4.78, 5) is 8.98. The van der Waals surface area contributed by atoms with Crippen LogP contribution in [-0.4, -0.2) is 42.6 Å². The second-order valence-corrected chi connectivity index (χ2v) is 10.8. The molecule has 33 heavy (non-hydrogen) atoms. The van der Waals surface area contributed by atoms with Gasteiger partial charge in [0.15, 0.2) is 5.79 Å². The zero-order valence-corrected chi connectivity index (χ0v) is 20.7. The monoisotopic (exact) mass is 477 g/mol. The first-order valence-electron chi connectivity index (χ1n) is 11.1. The summed E-state index contributed by atoms with van der Waals surface area (Å²) in [5.41, 5.74) is 2.56. The van der Waals surface area contributed by atoms with Gasteiger partial charge in [0.25, 0.3) is 0 Å². The van der Waals surface area contributed by atoms with Gasteiger partial charge in [-0.3, -0.25) is 4.72 Å². The lowest BCUT2D eigenvalue weighted by atomic mass is 9.97. The second-order valence-electron chi connectivity index (χ2n) is 9.03. The number of halogens is 1. The molecule has 2 atom stereocenters. The van der Waals surface area contributed by atoms with Gasteiger partial charge in [0, 0.05) is 17.5 Å². The Labute approximate surface area is 195 Å². The number of aromatic nitrogens is 2. The molecule has 0 aliphatic carbocycles. The van der Waals surface area contributed by atoms with Crippen LogP contribution in [0.4, 0.5) is 10.3 Å². The molecule has 1 aromatic carbocycles. The Morgan fingerprint density at radius 1 is 1.21 bits per heavy atom. The second kappa shape index (κ2) is 9.87. The van der Waals surface area contributed by atoms with Crippen molar-refractivity contribution in [2.24, 2.45) is 0 Å². The number of nitrogens with zero attached hydrogens (tertiary/aromatic N) is 2. The Bertz CT molecular complexity index is 1120. The third kappa shape index (κ3) is 6.82. The molecule has 0 unspecified atom stereocenters. The zero-order valence-electron chi connectivity index (χ0n) is 19.9. The van der Waals surface area contributed by atoms with Crippen LogP contribution in [0.1, 0.15) is 64.6 Å².